The molecule has 0 radical (unpaired) electrons. The van der Waals surface area contributed by atoms with Crippen molar-refractivity contribution in [2.75, 3.05) is 24.0 Å². The first kappa shape index (κ1) is 33.7. The van der Waals surface area contributed by atoms with Crippen LogP contribution in [0.4, 0.5) is 5.69 Å². The Morgan fingerprint density at radius 1 is 0.844 bits per heavy atom. The molecule has 4 aromatic carbocycles. The van der Waals surface area contributed by atoms with Crippen LogP contribution >= 0.6 is 15.9 Å². The van der Waals surface area contributed by atoms with Crippen molar-refractivity contribution in [1.29, 1.82) is 0 Å². The third-order valence-corrected chi connectivity index (χ3v) is 9.53. The SMILES string of the molecule is CCNC(=O)[C@@H](Cc1ccccc1)N(Cc1ccc(C)cc1)C(=O)CN(c1ccc(OCC)cc1)S(=O)(=O)c1ccc(Br)cc1. The average Bonchev–Trinajstić information content (AvgIpc) is 3.03. The number of rotatable bonds is 14. The molecule has 0 aromatic heterocycles. The summed E-state index contributed by atoms with van der Waals surface area (Å²) in [6.07, 6.45) is 0.257. The molecule has 0 heterocycles. The number of nitrogens with one attached hydrogen (secondary N) is 1. The maximum atomic E-state index is 14.4. The first-order valence-corrected chi connectivity index (χ1v) is 17.0. The molecule has 4 rings (SSSR count). The number of sulfonamides is 1. The molecular weight excluding hydrogens is 654 g/mol. The van der Waals surface area contributed by atoms with Gasteiger partial charge in [-0.05, 0) is 80.4 Å². The van der Waals surface area contributed by atoms with E-state index in [0.717, 1.165) is 25.5 Å². The van der Waals surface area contributed by atoms with E-state index in [1.165, 1.54) is 17.0 Å². The predicted molar refractivity (Wildman–Crippen MR) is 181 cm³/mol. The van der Waals surface area contributed by atoms with Crippen LogP contribution in [-0.4, -0.2) is 50.9 Å². The normalized spacial score (nSPS) is 11.8. The van der Waals surface area contributed by atoms with Crippen molar-refractivity contribution in [2.24, 2.45) is 0 Å². The number of ether oxygens (including phenoxy) is 1. The lowest BCUT2D eigenvalue weighted by Gasteiger charge is -2.34. The summed E-state index contributed by atoms with van der Waals surface area (Å²) in [5.74, 6) is -0.253. The van der Waals surface area contributed by atoms with Crippen molar-refractivity contribution in [3.8, 4) is 5.75 Å². The zero-order valence-corrected chi connectivity index (χ0v) is 28.1. The smallest absolute Gasteiger partial charge is 0.264 e. The van der Waals surface area contributed by atoms with Crippen LogP contribution in [0, 0.1) is 6.92 Å². The van der Waals surface area contributed by atoms with E-state index in [1.807, 2.05) is 75.4 Å². The molecule has 0 aliphatic carbocycles. The van der Waals surface area contributed by atoms with Crippen LogP contribution in [0.3, 0.4) is 0 Å². The van der Waals surface area contributed by atoms with E-state index in [4.69, 9.17) is 4.74 Å². The van der Waals surface area contributed by atoms with Crippen LogP contribution in [-0.2, 0) is 32.6 Å². The van der Waals surface area contributed by atoms with Gasteiger partial charge in [0, 0.05) is 24.0 Å². The molecule has 0 aliphatic heterocycles. The topological polar surface area (TPSA) is 96.0 Å². The molecule has 1 atom stereocenters. The summed E-state index contributed by atoms with van der Waals surface area (Å²) in [5, 5.41) is 2.88. The number of carbonyl (C=O) groups is 2. The first-order chi connectivity index (χ1) is 21.6. The minimum Gasteiger partial charge on any atom is -0.494 e. The molecule has 0 fully saturated rings. The molecule has 8 nitrogen and oxygen atoms in total. The van der Waals surface area contributed by atoms with E-state index in [-0.39, 0.29) is 23.8 Å². The summed E-state index contributed by atoms with van der Waals surface area (Å²) in [4.78, 5) is 29.6. The van der Waals surface area contributed by atoms with Gasteiger partial charge < -0.3 is 15.0 Å². The minimum atomic E-state index is -4.19. The lowest BCUT2D eigenvalue weighted by Crippen LogP contribution is -2.53. The molecule has 0 aliphatic rings. The van der Waals surface area contributed by atoms with E-state index in [0.29, 0.717) is 24.6 Å². The van der Waals surface area contributed by atoms with Gasteiger partial charge in [0.1, 0.15) is 18.3 Å². The standard InChI is InChI=1S/C35H38BrN3O5S/c1-4-37-35(41)33(23-27-9-7-6-8-10-27)38(24-28-13-11-26(3)12-14-28)34(40)25-39(30-17-19-31(20-18-30)44-5-2)45(42,43)32-21-15-29(36)16-22-32/h6-22,33H,4-5,23-25H2,1-3H3,(H,37,41)/t33-/m1/s1. The Morgan fingerprint density at radius 2 is 1.49 bits per heavy atom. The summed E-state index contributed by atoms with van der Waals surface area (Å²) < 4.78 is 35.6. The highest BCUT2D eigenvalue weighted by molar-refractivity contribution is 9.10. The van der Waals surface area contributed by atoms with Gasteiger partial charge in [-0.15, -0.1) is 0 Å². The number of nitrogens with zero attached hydrogens (tertiary/aromatic N) is 2. The van der Waals surface area contributed by atoms with Crippen molar-refractivity contribution in [1.82, 2.24) is 10.2 Å². The molecule has 0 unspecified atom stereocenters. The Balaban J connectivity index is 1.79. The fourth-order valence-electron chi connectivity index (χ4n) is 4.87. The molecule has 2 amide bonds. The fraction of sp³-hybridized carbons (Fsp3) is 0.257. The number of benzene rings is 4. The molecule has 45 heavy (non-hydrogen) atoms. The van der Waals surface area contributed by atoms with Gasteiger partial charge in [-0.25, -0.2) is 8.42 Å². The Bertz CT molecular complexity index is 1660. The van der Waals surface area contributed by atoms with E-state index in [1.54, 1.807) is 36.4 Å². The molecule has 0 saturated carbocycles. The molecule has 0 saturated heterocycles. The number of aryl methyl sites for hydroxylation is 1. The molecule has 0 spiro atoms. The predicted octanol–water partition coefficient (Wildman–Crippen LogP) is 6.13. The highest BCUT2D eigenvalue weighted by Crippen LogP contribution is 2.28. The summed E-state index contributed by atoms with van der Waals surface area (Å²) in [5.41, 5.74) is 3.05. The fourth-order valence-corrected chi connectivity index (χ4v) is 6.55. The molecule has 1 N–H and O–H groups in total. The second-order valence-electron chi connectivity index (χ2n) is 10.5. The number of carbonyl (C=O) groups excluding carboxylic acids is 2. The van der Waals surface area contributed by atoms with Gasteiger partial charge in [-0.2, -0.15) is 0 Å². The molecule has 236 valence electrons. The maximum absolute atomic E-state index is 14.4. The number of hydrogen-bond donors (Lipinski definition) is 1. The average molecular weight is 693 g/mol. The molecule has 10 heteroatoms. The van der Waals surface area contributed by atoms with Gasteiger partial charge in [0.05, 0.1) is 17.2 Å². The van der Waals surface area contributed by atoms with Crippen molar-refractivity contribution in [3.05, 3.63) is 124 Å². The first-order valence-electron chi connectivity index (χ1n) is 14.8. The van der Waals surface area contributed by atoms with Gasteiger partial charge in [0.25, 0.3) is 10.0 Å². The van der Waals surface area contributed by atoms with Crippen LogP contribution in [0.25, 0.3) is 0 Å². The van der Waals surface area contributed by atoms with Crippen LogP contribution in [0.1, 0.15) is 30.5 Å². The second kappa shape index (κ2) is 15.7. The number of likely N-dealkylation sites (N-methyl/N-ethyl adjacent to an activating group) is 1. The third kappa shape index (κ3) is 8.95. The largest absolute Gasteiger partial charge is 0.494 e. The van der Waals surface area contributed by atoms with Crippen LogP contribution < -0.4 is 14.4 Å². The minimum absolute atomic E-state index is 0.0297. The number of hydrogen-bond acceptors (Lipinski definition) is 5. The summed E-state index contributed by atoms with van der Waals surface area (Å²) in [7, 11) is -4.19. The van der Waals surface area contributed by atoms with Crippen LogP contribution in [0.2, 0.25) is 0 Å². The maximum Gasteiger partial charge on any atom is 0.264 e. The van der Waals surface area contributed by atoms with Crippen LogP contribution in [0.15, 0.2) is 112 Å². The van der Waals surface area contributed by atoms with Gasteiger partial charge >= 0.3 is 0 Å². The van der Waals surface area contributed by atoms with E-state index in [9.17, 15) is 18.0 Å². The zero-order chi connectivity index (χ0) is 32.4. The highest BCUT2D eigenvalue weighted by Gasteiger charge is 2.34. The highest BCUT2D eigenvalue weighted by atomic mass is 79.9. The van der Waals surface area contributed by atoms with E-state index < -0.39 is 28.5 Å². The van der Waals surface area contributed by atoms with Crippen molar-refractivity contribution < 1.29 is 22.7 Å². The Kier molecular flexibility index (Phi) is 11.8. The van der Waals surface area contributed by atoms with Gasteiger partial charge in [-0.1, -0.05) is 76.1 Å². The second-order valence-corrected chi connectivity index (χ2v) is 13.3. The third-order valence-electron chi connectivity index (χ3n) is 7.21. The van der Waals surface area contributed by atoms with Gasteiger partial charge in [0.2, 0.25) is 11.8 Å². The molecule has 4 aromatic rings. The van der Waals surface area contributed by atoms with Crippen LogP contribution in [0.5, 0.6) is 5.75 Å². The molecule has 0 bridgehead atoms. The summed E-state index contributed by atoms with van der Waals surface area (Å²) in [6.45, 7) is 6.08. The van der Waals surface area contributed by atoms with Crippen molar-refractivity contribution >= 4 is 43.5 Å². The Labute approximate surface area is 274 Å². The van der Waals surface area contributed by atoms with E-state index in [2.05, 4.69) is 21.2 Å². The number of halogens is 1. The summed E-state index contributed by atoms with van der Waals surface area (Å²) in [6, 6.07) is 29.1. The lowest BCUT2D eigenvalue weighted by atomic mass is 10.0. The number of anilines is 1. The lowest BCUT2D eigenvalue weighted by molar-refractivity contribution is -0.140. The molecular formula is C35H38BrN3O5S. The zero-order valence-electron chi connectivity index (χ0n) is 25.6. The van der Waals surface area contributed by atoms with Gasteiger partial charge in [0.15, 0.2) is 0 Å². The summed E-state index contributed by atoms with van der Waals surface area (Å²) >= 11 is 3.36. The van der Waals surface area contributed by atoms with Crippen molar-refractivity contribution in [2.45, 2.75) is 44.7 Å². The van der Waals surface area contributed by atoms with Crippen molar-refractivity contribution in [3.63, 3.8) is 0 Å². The van der Waals surface area contributed by atoms with Gasteiger partial charge in [-0.3, -0.25) is 13.9 Å². The van der Waals surface area contributed by atoms with E-state index >= 15 is 0 Å². The monoisotopic (exact) mass is 691 g/mol. The Morgan fingerprint density at radius 3 is 2.09 bits per heavy atom. The quantitative estimate of drug-likeness (QED) is 0.172. The Hall–Kier alpha value is -4.15. The number of amides is 2.